The fourth-order valence-electron chi connectivity index (χ4n) is 4.79. The van der Waals surface area contributed by atoms with E-state index >= 15 is 0 Å². The van der Waals surface area contributed by atoms with E-state index in [-0.39, 0.29) is 5.41 Å². The zero-order chi connectivity index (χ0) is 19.0. The fourth-order valence-corrected chi connectivity index (χ4v) is 5.52. The van der Waals surface area contributed by atoms with Crippen LogP contribution >= 0.6 is 11.3 Å². The molecule has 0 spiro atoms. The highest BCUT2D eigenvalue weighted by Crippen LogP contribution is 2.43. The molecule has 2 aliphatic rings. The van der Waals surface area contributed by atoms with Crippen molar-refractivity contribution in [2.45, 2.75) is 45.7 Å². The van der Waals surface area contributed by atoms with E-state index < -0.39 is 0 Å². The van der Waals surface area contributed by atoms with Gasteiger partial charge in [-0.15, -0.1) is 0 Å². The van der Waals surface area contributed by atoms with Crippen LogP contribution in [0.15, 0.2) is 47.2 Å². The van der Waals surface area contributed by atoms with Gasteiger partial charge >= 0.3 is 0 Å². The molecule has 4 rings (SSSR count). The van der Waals surface area contributed by atoms with Crippen molar-refractivity contribution in [1.29, 1.82) is 0 Å². The molecule has 4 heteroatoms. The van der Waals surface area contributed by atoms with Gasteiger partial charge in [-0.1, -0.05) is 51.1 Å². The number of fused-ring (bicyclic) bond motifs is 1. The van der Waals surface area contributed by atoms with Gasteiger partial charge in [-0.25, -0.2) is 0 Å². The monoisotopic (exact) mass is 382 g/mol. The molecule has 1 amide bonds. The Kier molecular flexibility index (Phi) is 5.13. The third-order valence-corrected chi connectivity index (χ3v) is 6.84. The summed E-state index contributed by atoms with van der Waals surface area (Å²) in [7, 11) is 0. The quantitative estimate of drug-likeness (QED) is 0.774. The average molecular weight is 383 g/mol. The lowest BCUT2D eigenvalue weighted by atomic mass is 9.82. The van der Waals surface area contributed by atoms with Gasteiger partial charge in [0.05, 0.1) is 0 Å². The Bertz CT molecular complexity index is 765. The van der Waals surface area contributed by atoms with Gasteiger partial charge in [0.25, 0.3) is 0 Å². The SMILES string of the molecule is CC(C)(C)C(=O)N1C[C@H](c2ccsc2)[C@H]2CN(Cc3ccccc3)CC[C@H]21. The summed E-state index contributed by atoms with van der Waals surface area (Å²) in [5, 5.41) is 4.45. The lowest BCUT2D eigenvalue weighted by Crippen LogP contribution is -2.49. The highest BCUT2D eigenvalue weighted by Gasteiger charge is 2.48. The highest BCUT2D eigenvalue weighted by atomic mass is 32.1. The zero-order valence-electron chi connectivity index (χ0n) is 16.6. The van der Waals surface area contributed by atoms with Crippen LogP contribution < -0.4 is 0 Å². The number of piperidine rings is 1. The molecular weight excluding hydrogens is 352 g/mol. The Labute approximate surface area is 167 Å². The van der Waals surface area contributed by atoms with Crippen LogP contribution in [0.2, 0.25) is 0 Å². The Balaban J connectivity index is 1.56. The van der Waals surface area contributed by atoms with E-state index in [2.05, 4.69) is 57.0 Å². The van der Waals surface area contributed by atoms with E-state index in [1.165, 1.54) is 11.1 Å². The van der Waals surface area contributed by atoms with Crippen molar-refractivity contribution >= 4 is 17.2 Å². The highest BCUT2D eigenvalue weighted by molar-refractivity contribution is 7.08. The number of thiophene rings is 1. The first-order chi connectivity index (χ1) is 12.9. The van der Waals surface area contributed by atoms with Gasteiger partial charge in [-0.2, -0.15) is 11.3 Å². The summed E-state index contributed by atoms with van der Waals surface area (Å²) in [5.41, 5.74) is 2.49. The van der Waals surface area contributed by atoms with Crippen LogP contribution in [0.3, 0.4) is 0 Å². The largest absolute Gasteiger partial charge is 0.338 e. The number of benzene rings is 1. The molecule has 2 aliphatic heterocycles. The van der Waals surface area contributed by atoms with Crippen molar-refractivity contribution < 1.29 is 4.79 Å². The second-order valence-electron chi connectivity index (χ2n) is 9.11. The Morgan fingerprint density at radius 3 is 2.59 bits per heavy atom. The normalized spacial score (nSPS) is 26.2. The van der Waals surface area contributed by atoms with Crippen LogP contribution in [0.4, 0.5) is 0 Å². The molecule has 0 aliphatic carbocycles. The van der Waals surface area contributed by atoms with Crippen LogP contribution in [0.5, 0.6) is 0 Å². The molecule has 144 valence electrons. The molecule has 1 aromatic carbocycles. The first-order valence-electron chi connectivity index (χ1n) is 10.0. The predicted octanol–water partition coefficient (Wildman–Crippen LogP) is 4.61. The van der Waals surface area contributed by atoms with Gasteiger partial charge in [0, 0.05) is 49.5 Å². The number of hydrogen-bond acceptors (Lipinski definition) is 3. The number of carbonyl (C=O) groups is 1. The van der Waals surface area contributed by atoms with Crippen molar-refractivity contribution in [3.8, 4) is 0 Å². The van der Waals surface area contributed by atoms with Crippen molar-refractivity contribution in [1.82, 2.24) is 9.80 Å². The molecule has 2 saturated heterocycles. The summed E-state index contributed by atoms with van der Waals surface area (Å²) in [6, 6.07) is 13.4. The molecule has 0 radical (unpaired) electrons. The maximum absolute atomic E-state index is 13.1. The number of amides is 1. The lowest BCUT2D eigenvalue weighted by Gasteiger charge is -2.40. The van der Waals surface area contributed by atoms with E-state index in [9.17, 15) is 4.79 Å². The molecule has 3 heterocycles. The summed E-state index contributed by atoms with van der Waals surface area (Å²) in [5.74, 6) is 1.31. The Hall–Kier alpha value is -1.65. The molecule has 3 atom stereocenters. The van der Waals surface area contributed by atoms with E-state index in [0.29, 0.717) is 23.8 Å². The summed E-state index contributed by atoms with van der Waals surface area (Å²) in [6.45, 7) is 10.2. The third-order valence-electron chi connectivity index (χ3n) is 6.14. The molecule has 0 bridgehead atoms. The van der Waals surface area contributed by atoms with Gasteiger partial charge in [0.2, 0.25) is 5.91 Å². The first-order valence-corrected chi connectivity index (χ1v) is 11.0. The van der Waals surface area contributed by atoms with E-state index in [1.54, 1.807) is 11.3 Å². The molecule has 0 saturated carbocycles. The van der Waals surface area contributed by atoms with Crippen LogP contribution in [0.1, 0.15) is 44.2 Å². The summed E-state index contributed by atoms with van der Waals surface area (Å²) in [6.07, 6.45) is 1.08. The molecule has 0 N–H and O–H groups in total. The molecular formula is C23H30N2OS. The van der Waals surface area contributed by atoms with Crippen molar-refractivity contribution in [2.75, 3.05) is 19.6 Å². The second kappa shape index (κ2) is 7.40. The van der Waals surface area contributed by atoms with Crippen LogP contribution in [0, 0.1) is 11.3 Å². The molecule has 2 aromatic rings. The minimum atomic E-state index is -0.310. The van der Waals surface area contributed by atoms with E-state index in [1.807, 2.05) is 20.8 Å². The fraction of sp³-hybridized carbons (Fsp3) is 0.522. The smallest absolute Gasteiger partial charge is 0.228 e. The number of nitrogens with zero attached hydrogens (tertiary/aromatic N) is 2. The number of hydrogen-bond donors (Lipinski definition) is 0. The van der Waals surface area contributed by atoms with Crippen LogP contribution in [0.25, 0.3) is 0 Å². The Morgan fingerprint density at radius 1 is 1.15 bits per heavy atom. The molecule has 0 unspecified atom stereocenters. The number of carbonyl (C=O) groups excluding carboxylic acids is 1. The van der Waals surface area contributed by atoms with Crippen LogP contribution in [-0.2, 0) is 11.3 Å². The van der Waals surface area contributed by atoms with E-state index in [0.717, 1.165) is 32.6 Å². The summed E-state index contributed by atoms with van der Waals surface area (Å²) >= 11 is 1.77. The van der Waals surface area contributed by atoms with Crippen molar-refractivity contribution in [2.24, 2.45) is 11.3 Å². The van der Waals surface area contributed by atoms with Gasteiger partial charge in [0.1, 0.15) is 0 Å². The van der Waals surface area contributed by atoms with Gasteiger partial charge in [-0.3, -0.25) is 9.69 Å². The van der Waals surface area contributed by atoms with Gasteiger partial charge < -0.3 is 4.90 Å². The molecule has 2 fully saturated rings. The maximum atomic E-state index is 13.1. The van der Waals surface area contributed by atoms with E-state index in [4.69, 9.17) is 0 Å². The summed E-state index contributed by atoms with van der Waals surface area (Å²) in [4.78, 5) is 17.9. The first kappa shape index (κ1) is 18.7. The number of rotatable bonds is 3. The van der Waals surface area contributed by atoms with Crippen LogP contribution in [-0.4, -0.2) is 41.4 Å². The zero-order valence-corrected chi connectivity index (χ0v) is 17.4. The minimum Gasteiger partial charge on any atom is -0.338 e. The lowest BCUT2D eigenvalue weighted by molar-refractivity contribution is -0.141. The third kappa shape index (κ3) is 3.83. The summed E-state index contributed by atoms with van der Waals surface area (Å²) < 4.78 is 0. The van der Waals surface area contributed by atoms with Crippen molar-refractivity contribution in [3.05, 3.63) is 58.3 Å². The van der Waals surface area contributed by atoms with Gasteiger partial charge in [0.15, 0.2) is 0 Å². The molecule has 3 nitrogen and oxygen atoms in total. The standard InChI is InChI=1S/C23H30N2OS/c1-23(2,3)22(26)25-15-19(18-10-12-27-16-18)20-14-24(11-9-21(20)25)13-17-7-5-4-6-8-17/h4-8,10,12,16,19-21H,9,11,13-15H2,1-3H3/t19-,20-,21-/m1/s1. The topological polar surface area (TPSA) is 23.6 Å². The molecule has 1 aromatic heterocycles. The predicted molar refractivity (Wildman–Crippen MR) is 112 cm³/mol. The maximum Gasteiger partial charge on any atom is 0.228 e. The van der Waals surface area contributed by atoms with Crippen molar-refractivity contribution in [3.63, 3.8) is 0 Å². The second-order valence-corrected chi connectivity index (χ2v) is 9.89. The van der Waals surface area contributed by atoms with Gasteiger partial charge in [-0.05, 0) is 34.4 Å². The Morgan fingerprint density at radius 2 is 1.93 bits per heavy atom. The molecule has 27 heavy (non-hydrogen) atoms. The average Bonchev–Trinajstić information content (AvgIpc) is 3.28. The number of likely N-dealkylation sites (tertiary alicyclic amines) is 2. The minimum absolute atomic E-state index is 0.310.